The van der Waals surface area contributed by atoms with E-state index in [9.17, 15) is 9.59 Å². The third-order valence-electron chi connectivity index (χ3n) is 3.18. The lowest BCUT2D eigenvalue weighted by atomic mass is 10.1. The predicted octanol–water partition coefficient (Wildman–Crippen LogP) is 3.04. The number of benzene rings is 1. The van der Waals surface area contributed by atoms with Gasteiger partial charge < -0.3 is 15.0 Å². The van der Waals surface area contributed by atoms with Crippen molar-refractivity contribution in [3.8, 4) is 0 Å². The average Bonchev–Trinajstić information content (AvgIpc) is 2.49. The summed E-state index contributed by atoms with van der Waals surface area (Å²) < 4.78 is 5.46. The maximum atomic E-state index is 12.1. The Morgan fingerprint density at radius 2 is 1.92 bits per heavy atom. The number of nitrogens with zero attached hydrogens (tertiary/aromatic N) is 1. The second kappa shape index (κ2) is 8.82. The SMILES string of the molecule is Cc1cc(C)cc(NC(=O)CSc2nc(COC(C)C)cc(=O)[nH]2)c1. The van der Waals surface area contributed by atoms with Crippen molar-refractivity contribution in [1.29, 1.82) is 0 Å². The van der Waals surface area contributed by atoms with Gasteiger partial charge in [-0.15, -0.1) is 0 Å². The number of hydrogen-bond donors (Lipinski definition) is 2. The van der Waals surface area contributed by atoms with Gasteiger partial charge in [0.15, 0.2) is 5.16 Å². The van der Waals surface area contributed by atoms with Crippen LogP contribution in [-0.2, 0) is 16.1 Å². The first-order chi connectivity index (χ1) is 11.8. The van der Waals surface area contributed by atoms with Crippen LogP contribution in [0.4, 0.5) is 5.69 Å². The molecule has 0 spiro atoms. The summed E-state index contributed by atoms with van der Waals surface area (Å²) in [5.74, 6) is 0.00576. The van der Waals surface area contributed by atoms with Crippen LogP contribution in [0.2, 0.25) is 0 Å². The zero-order valence-electron chi connectivity index (χ0n) is 14.9. The molecule has 0 bridgehead atoms. The molecule has 0 unspecified atom stereocenters. The van der Waals surface area contributed by atoms with E-state index in [1.807, 2.05) is 45.9 Å². The number of rotatable bonds is 7. The van der Waals surface area contributed by atoms with Gasteiger partial charge in [-0.05, 0) is 51.0 Å². The first-order valence-corrected chi connectivity index (χ1v) is 9.03. The Kier molecular flexibility index (Phi) is 6.78. The van der Waals surface area contributed by atoms with E-state index >= 15 is 0 Å². The van der Waals surface area contributed by atoms with Crippen LogP contribution in [0.5, 0.6) is 0 Å². The Morgan fingerprint density at radius 1 is 1.24 bits per heavy atom. The van der Waals surface area contributed by atoms with Gasteiger partial charge in [0.05, 0.1) is 24.2 Å². The molecular weight excluding hydrogens is 338 g/mol. The second-order valence-electron chi connectivity index (χ2n) is 6.11. The smallest absolute Gasteiger partial charge is 0.251 e. The van der Waals surface area contributed by atoms with Crippen LogP contribution in [0.25, 0.3) is 0 Å². The maximum absolute atomic E-state index is 12.1. The molecule has 1 heterocycles. The molecule has 7 heteroatoms. The van der Waals surface area contributed by atoms with Crippen molar-refractivity contribution < 1.29 is 9.53 Å². The van der Waals surface area contributed by atoms with Gasteiger partial charge in [0.2, 0.25) is 5.91 Å². The molecule has 2 aromatic rings. The molecule has 6 nitrogen and oxygen atoms in total. The number of H-pyrrole nitrogens is 1. The van der Waals surface area contributed by atoms with Gasteiger partial charge in [-0.3, -0.25) is 9.59 Å². The molecule has 134 valence electrons. The molecule has 0 saturated heterocycles. The van der Waals surface area contributed by atoms with Crippen molar-refractivity contribution in [2.45, 2.75) is 45.6 Å². The van der Waals surface area contributed by atoms with Crippen LogP contribution in [0.15, 0.2) is 34.2 Å². The van der Waals surface area contributed by atoms with Crippen molar-refractivity contribution in [2.75, 3.05) is 11.1 Å². The number of hydrogen-bond acceptors (Lipinski definition) is 5. The number of thioether (sulfide) groups is 1. The lowest BCUT2D eigenvalue weighted by Crippen LogP contribution is -2.16. The van der Waals surface area contributed by atoms with Gasteiger partial charge in [0.1, 0.15) is 0 Å². The van der Waals surface area contributed by atoms with Gasteiger partial charge >= 0.3 is 0 Å². The first kappa shape index (κ1) is 19.2. The Hall–Kier alpha value is -2.12. The summed E-state index contributed by atoms with van der Waals surface area (Å²) in [6.07, 6.45) is 0.0563. The highest BCUT2D eigenvalue weighted by atomic mass is 32.2. The molecule has 1 amide bonds. The van der Waals surface area contributed by atoms with Crippen molar-refractivity contribution in [1.82, 2.24) is 9.97 Å². The van der Waals surface area contributed by atoms with Crippen molar-refractivity contribution in [2.24, 2.45) is 0 Å². The van der Waals surface area contributed by atoms with E-state index in [2.05, 4.69) is 15.3 Å². The highest BCUT2D eigenvalue weighted by Gasteiger charge is 2.08. The Bertz CT molecular complexity index is 782. The number of amides is 1. The summed E-state index contributed by atoms with van der Waals surface area (Å²) in [5, 5.41) is 3.27. The molecule has 0 fully saturated rings. The number of ether oxygens (including phenoxy) is 1. The minimum atomic E-state index is -0.255. The van der Waals surface area contributed by atoms with Gasteiger partial charge in [0.25, 0.3) is 5.56 Å². The second-order valence-corrected chi connectivity index (χ2v) is 7.08. The molecular formula is C18H23N3O3S. The molecule has 0 aliphatic rings. The number of carbonyl (C=O) groups is 1. The maximum Gasteiger partial charge on any atom is 0.251 e. The molecule has 0 aliphatic heterocycles. The molecule has 1 aromatic carbocycles. The van der Waals surface area contributed by atoms with Crippen molar-refractivity contribution >= 4 is 23.4 Å². The fraction of sp³-hybridized carbons (Fsp3) is 0.389. The summed E-state index contributed by atoms with van der Waals surface area (Å²) in [5.41, 5.74) is 3.24. The van der Waals surface area contributed by atoms with E-state index in [1.165, 1.54) is 17.8 Å². The van der Waals surface area contributed by atoms with E-state index in [1.54, 1.807) is 0 Å². The fourth-order valence-corrected chi connectivity index (χ4v) is 2.95. The highest BCUT2D eigenvalue weighted by molar-refractivity contribution is 7.99. The number of aryl methyl sites for hydroxylation is 2. The normalized spacial score (nSPS) is 10.9. The van der Waals surface area contributed by atoms with Crippen LogP contribution >= 0.6 is 11.8 Å². The van der Waals surface area contributed by atoms with E-state index in [-0.39, 0.29) is 29.9 Å². The lowest BCUT2D eigenvalue weighted by molar-refractivity contribution is -0.113. The zero-order chi connectivity index (χ0) is 18.4. The first-order valence-electron chi connectivity index (χ1n) is 8.04. The third kappa shape index (κ3) is 6.72. The Labute approximate surface area is 151 Å². The Balaban J connectivity index is 1.95. The molecule has 0 radical (unpaired) electrons. The standard InChI is InChI=1S/C18H23N3O3S/c1-11(2)24-9-15-8-16(22)21-18(20-15)25-10-17(23)19-14-6-12(3)5-13(4)7-14/h5-8,11H,9-10H2,1-4H3,(H,19,23)(H,20,21,22). The zero-order valence-corrected chi connectivity index (χ0v) is 15.7. The number of carbonyl (C=O) groups excluding carboxylic acids is 1. The van der Waals surface area contributed by atoms with Crippen LogP contribution in [0, 0.1) is 13.8 Å². The summed E-state index contributed by atoms with van der Waals surface area (Å²) >= 11 is 1.18. The van der Waals surface area contributed by atoms with Crippen LogP contribution < -0.4 is 10.9 Å². The van der Waals surface area contributed by atoms with Crippen LogP contribution in [0.3, 0.4) is 0 Å². The van der Waals surface area contributed by atoms with E-state index in [4.69, 9.17) is 4.74 Å². The van der Waals surface area contributed by atoms with Crippen LogP contribution in [-0.4, -0.2) is 27.7 Å². The number of nitrogens with one attached hydrogen (secondary N) is 2. The molecule has 0 saturated carbocycles. The molecule has 0 aliphatic carbocycles. The minimum absolute atomic E-state index is 0.0563. The summed E-state index contributed by atoms with van der Waals surface area (Å²) in [6, 6.07) is 7.28. The number of aromatic nitrogens is 2. The van der Waals surface area contributed by atoms with Crippen molar-refractivity contribution in [3.63, 3.8) is 0 Å². The van der Waals surface area contributed by atoms with Gasteiger partial charge in [0, 0.05) is 11.8 Å². The van der Waals surface area contributed by atoms with E-state index < -0.39 is 0 Å². The van der Waals surface area contributed by atoms with E-state index in [0.717, 1.165) is 16.8 Å². The van der Waals surface area contributed by atoms with Gasteiger partial charge in [-0.2, -0.15) is 0 Å². The molecule has 1 aromatic heterocycles. The molecule has 0 atom stereocenters. The monoisotopic (exact) mass is 361 g/mol. The lowest BCUT2D eigenvalue weighted by Gasteiger charge is -2.09. The Morgan fingerprint density at radius 3 is 2.56 bits per heavy atom. The number of anilines is 1. The summed E-state index contributed by atoms with van der Waals surface area (Å²) in [6.45, 7) is 8.07. The molecule has 25 heavy (non-hydrogen) atoms. The number of aromatic amines is 1. The largest absolute Gasteiger partial charge is 0.373 e. The van der Waals surface area contributed by atoms with Crippen LogP contribution in [0.1, 0.15) is 30.7 Å². The quantitative estimate of drug-likeness (QED) is 0.585. The molecule has 2 N–H and O–H groups in total. The van der Waals surface area contributed by atoms with E-state index in [0.29, 0.717) is 10.9 Å². The average molecular weight is 361 g/mol. The topological polar surface area (TPSA) is 84.1 Å². The van der Waals surface area contributed by atoms with Gasteiger partial charge in [-0.25, -0.2) is 4.98 Å². The summed E-state index contributed by atoms with van der Waals surface area (Å²) in [7, 11) is 0. The van der Waals surface area contributed by atoms with Crippen molar-refractivity contribution in [3.05, 3.63) is 51.4 Å². The summed E-state index contributed by atoms with van der Waals surface area (Å²) in [4.78, 5) is 30.8. The fourth-order valence-electron chi connectivity index (χ4n) is 2.26. The minimum Gasteiger partial charge on any atom is -0.373 e. The third-order valence-corrected chi connectivity index (χ3v) is 4.06. The molecule has 2 rings (SSSR count). The predicted molar refractivity (Wildman–Crippen MR) is 100 cm³/mol. The van der Waals surface area contributed by atoms with Gasteiger partial charge in [-0.1, -0.05) is 17.8 Å². The highest BCUT2D eigenvalue weighted by Crippen LogP contribution is 2.16.